The Balaban J connectivity index is 1.60. The monoisotopic (exact) mass is 342 g/mol. The highest BCUT2D eigenvalue weighted by Crippen LogP contribution is 2.33. The van der Waals surface area contributed by atoms with Crippen molar-refractivity contribution in [2.75, 3.05) is 18.8 Å². The van der Waals surface area contributed by atoms with E-state index in [2.05, 4.69) is 41.3 Å². The largest absolute Gasteiger partial charge is 0.358 e. The van der Waals surface area contributed by atoms with Gasteiger partial charge in [0.05, 0.1) is 0 Å². The summed E-state index contributed by atoms with van der Waals surface area (Å²) in [5.41, 5.74) is 3.82. The van der Waals surface area contributed by atoms with Gasteiger partial charge >= 0.3 is 0 Å². The first-order chi connectivity index (χ1) is 11.3. The Kier molecular flexibility index (Phi) is 4.32. The van der Waals surface area contributed by atoms with Gasteiger partial charge in [-0.3, -0.25) is 0 Å². The first-order valence-electron chi connectivity index (χ1n) is 8.12. The number of hydrogen-bond acceptors (Lipinski definition) is 3. The lowest BCUT2D eigenvalue weighted by atomic mass is 9.88. The highest BCUT2D eigenvalue weighted by molar-refractivity contribution is 7.98. The molecular weight excluding hydrogens is 324 g/mol. The second-order valence-electron chi connectivity index (χ2n) is 6.09. The number of halogens is 1. The summed E-state index contributed by atoms with van der Waals surface area (Å²) in [6.45, 7) is 2.31. The molecule has 4 heteroatoms. The number of amidine groups is 1. The van der Waals surface area contributed by atoms with E-state index in [1.165, 1.54) is 41.9 Å². The predicted octanol–water partition coefficient (Wildman–Crippen LogP) is 5.25. The number of piperidine rings is 1. The Bertz CT molecular complexity index is 709. The van der Waals surface area contributed by atoms with Crippen molar-refractivity contribution in [1.82, 2.24) is 4.90 Å². The standard InChI is InChI=1S/C19H19ClN2S/c20-17-9-7-15(8-10-17)14-3-5-16(6-4-14)18-2-1-11-22-12-13-23-21-19(18)22/h3-10,18H,1-2,11-13H2/t18-/m0/s1. The molecule has 2 aromatic rings. The van der Waals surface area contributed by atoms with E-state index in [0.717, 1.165) is 17.3 Å². The van der Waals surface area contributed by atoms with Gasteiger partial charge in [-0.2, -0.15) is 0 Å². The topological polar surface area (TPSA) is 15.6 Å². The van der Waals surface area contributed by atoms with Crippen LogP contribution in [-0.4, -0.2) is 29.6 Å². The first kappa shape index (κ1) is 15.1. The van der Waals surface area contributed by atoms with Crippen molar-refractivity contribution in [3.05, 3.63) is 59.1 Å². The summed E-state index contributed by atoms with van der Waals surface area (Å²) >= 11 is 7.69. The lowest BCUT2D eigenvalue weighted by Gasteiger charge is -2.37. The van der Waals surface area contributed by atoms with Crippen LogP contribution in [0, 0.1) is 0 Å². The van der Waals surface area contributed by atoms with Gasteiger partial charge in [0.15, 0.2) is 0 Å². The number of hydrogen-bond donors (Lipinski definition) is 0. The molecule has 2 heterocycles. The summed E-state index contributed by atoms with van der Waals surface area (Å²) in [7, 11) is 0. The van der Waals surface area contributed by atoms with E-state index in [9.17, 15) is 0 Å². The third-order valence-electron chi connectivity index (χ3n) is 4.66. The van der Waals surface area contributed by atoms with Crippen LogP contribution < -0.4 is 0 Å². The normalized spacial score (nSPS) is 20.8. The molecule has 0 aromatic heterocycles. The molecule has 118 valence electrons. The van der Waals surface area contributed by atoms with E-state index in [-0.39, 0.29) is 0 Å². The molecule has 1 atom stereocenters. The lowest BCUT2D eigenvalue weighted by molar-refractivity contribution is 0.371. The number of fused-ring (bicyclic) bond motifs is 1. The fourth-order valence-corrected chi connectivity index (χ4v) is 4.32. The van der Waals surface area contributed by atoms with Gasteiger partial charge in [-0.25, -0.2) is 4.40 Å². The van der Waals surface area contributed by atoms with Crippen LogP contribution >= 0.6 is 23.5 Å². The molecule has 2 aromatic carbocycles. The second kappa shape index (κ2) is 6.58. The van der Waals surface area contributed by atoms with Gasteiger partial charge in [-0.05, 0) is 53.6 Å². The summed E-state index contributed by atoms with van der Waals surface area (Å²) in [5.74, 6) is 2.86. The molecule has 23 heavy (non-hydrogen) atoms. The Morgan fingerprint density at radius 3 is 2.39 bits per heavy atom. The summed E-state index contributed by atoms with van der Waals surface area (Å²) in [6, 6.07) is 17.0. The van der Waals surface area contributed by atoms with Crippen LogP contribution in [-0.2, 0) is 0 Å². The minimum absolute atomic E-state index is 0.454. The van der Waals surface area contributed by atoms with Crippen molar-refractivity contribution in [3.63, 3.8) is 0 Å². The van der Waals surface area contributed by atoms with Crippen LogP contribution in [0.4, 0.5) is 0 Å². The molecule has 0 N–H and O–H groups in total. The van der Waals surface area contributed by atoms with E-state index in [1.54, 1.807) is 11.9 Å². The highest BCUT2D eigenvalue weighted by atomic mass is 35.5. The lowest BCUT2D eigenvalue weighted by Crippen LogP contribution is -2.42. The molecule has 0 saturated carbocycles. The molecule has 0 radical (unpaired) electrons. The molecule has 0 aliphatic carbocycles. The molecule has 1 fully saturated rings. The van der Waals surface area contributed by atoms with Crippen molar-refractivity contribution in [1.29, 1.82) is 0 Å². The third kappa shape index (κ3) is 3.13. The van der Waals surface area contributed by atoms with Gasteiger partial charge in [0.25, 0.3) is 0 Å². The van der Waals surface area contributed by atoms with Gasteiger partial charge in [0.1, 0.15) is 5.84 Å². The molecule has 2 aliphatic heterocycles. The zero-order valence-corrected chi connectivity index (χ0v) is 14.5. The molecule has 2 aliphatic rings. The molecule has 4 rings (SSSR count). The summed E-state index contributed by atoms with van der Waals surface area (Å²) in [5, 5.41) is 0.778. The Labute approximate surface area is 146 Å². The number of benzene rings is 2. The first-order valence-corrected chi connectivity index (χ1v) is 9.44. The average Bonchev–Trinajstić information content (AvgIpc) is 2.62. The van der Waals surface area contributed by atoms with E-state index in [4.69, 9.17) is 16.0 Å². The zero-order chi connectivity index (χ0) is 15.6. The second-order valence-corrected chi connectivity index (χ2v) is 7.38. The number of nitrogens with zero attached hydrogens (tertiary/aromatic N) is 2. The highest BCUT2D eigenvalue weighted by Gasteiger charge is 2.29. The molecule has 0 bridgehead atoms. The van der Waals surface area contributed by atoms with Crippen LogP contribution in [0.5, 0.6) is 0 Å². The third-order valence-corrected chi connectivity index (χ3v) is 5.59. The molecule has 0 spiro atoms. The zero-order valence-electron chi connectivity index (χ0n) is 12.9. The van der Waals surface area contributed by atoms with Gasteiger partial charge in [-0.15, -0.1) is 0 Å². The molecule has 0 amide bonds. The van der Waals surface area contributed by atoms with Crippen LogP contribution in [0.2, 0.25) is 5.02 Å². The van der Waals surface area contributed by atoms with Crippen molar-refractivity contribution in [2.45, 2.75) is 18.8 Å². The van der Waals surface area contributed by atoms with Crippen molar-refractivity contribution < 1.29 is 0 Å². The maximum absolute atomic E-state index is 5.97. The van der Waals surface area contributed by atoms with Crippen LogP contribution in [0.15, 0.2) is 52.9 Å². The van der Waals surface area contributed by atoms with E-state index in [0.29, 0.717) is 5.92 Å². The Morgan fingerprint density at radius 1 is 0.957 bits per heavy atom. The molecule has 1 saturated heterocycles. The predicted molar refractivity (Wildman–Crippen MR) is 100 cm³/mol. The molecule has 0 unspecified atom stereocenters. The SMILES string of the molecule is Clc1ccc(-c2ccc([C@@H]3CCCN4CCSN=C34)cc2)cc1. The van der Waals surface area contributed by atoms with Crippen LogP contribution in [0.3, 0.4) is 0 Å². The van der Waals surface area contributed by atoms with Gasteiger partial charge < -0.3 is 4.90 Å². The minimum Gasteiger partial charge on any atom is -0.358 e. The fraction of sp³-hybridized carbons (Fsp3) is 0.316. The van der Waals surface area contributed by atoms with E-state index < -0.39 is 0 Å². The minimum atomic E-state index is 0.454. The van der Waals surface area contributed by atoms with Crippen molar-refractivity contribution in [2.24, 2.45) is 4.40 Å². The maximum Gasteiger partial charge on any atom is 0.120 e. The van der Waals surface area contributed by atoms with E-state index in [1.807, 2.05) is 12.1 Å². The molecule has 2 nitrogen and oxygen atoms in total. The summed E-state index contributed by atoms with van der Waals surface area (Å²) in [6.07, 6.45) is 2.46. The fourth-order valence-electron chi connectivity index (χ4n) is 3.43. The van der Waals surface area contributed by atoms with E-state index >= 15 is 0 Å². The van der Waals surface area contributed by atoms with Gasteiger partial charge in [-0.1, -0.05) is 48.0 Å². The van der Waals surface area contributed by atoms with Crippen molar-refractivity contribution >= 4 is 29.4 Å². The maximum atomic E-state index is 5.97. The summed E-state index contributed by atoms with van der Waals surface area (Å²) in [4.78, 5) is 2.47. The van der Waals surface area contributed by atoms with Crippen molar-refractivity contribution in [3.8, 4) is 11.1 Å². The van der Waals surface area contributed by atoms with Crippen LogP contribution in [0.25, 0.3) is 11.1 Å². The number of rotatable bonds is 2. The Hall–Kier alpha value is -1.45. The smallest absolute Gasteiger partial charge is 0.120 e. The van der Waals surface area contributed by atoms with Gasteiger partial charge in [0, 0.05) is 29.8 Å². The van der Waals surface area contributed by atoms with Crippen LogP contribution in [0.1, 0.15) is 24.3 Å². The average molecular weight is 343 g/mol. The Morgan fingerprint density at radius 2 is 1.65 bits per heavy atom. The summed E-state index contributed by atoms with van der Waals surface area (Å²) < 4.78 is 4.74. The van der Waals surface area contributed by atoms with Gasteiger partial charge in [0.2, 0.25) is 0 Å². The molecular formula is C19H19ClN2S. The quantitative estimate of drug-likeness (QED) is 0.693.